The van der Waals surface area contributed by atoms with E-state index >= 15 is 0 Å². The Labute approximate surface area is 171 Å². The molecule has 3 rings (SSSR count). The third-order valence-electron chi connectivity index (χ3n) is 4.66. The van der Waals surface area contributed by atoms with Crippen molar-refractivity contribution >= 4 is 29.3 Å². The van der Waals surface area contributed by atoms with Gasteiger partial charge in [-0.2, -0.15) is 0 Å². The average Bonchev–Trinajstić information content (AvgIpc) is 2.64. The van der Waals surface area contributed by atoms with Gasteiger partial charge in [0.1, 0.15) is 0 Å². The minimum Gasteiger partial charge on any atom is -0.381 e. The summed E-state index contributed by atoms with van der Waals surface area (Å²) in [6.07, 6.45) is 0.900. The first-order valence-corrected chi connectivity index (χ1v) is 11.4. The fraction of sp³-hybridized carbons (Fsp3) is 0.435. The number of ketones is 1. The number of thioether (sulfide) groups is 1. The summed E-state index contributed by atoms with van der Waals surface area (Å²) in [5.41, 5.74) is 3.35. The highest BCUT2D eigenvalue weighted by Gasteiger charge is 2.32. The van der Waals surface area contributed by atoms with E-state index in [1.165, 1.54) is 20.9 Å². The molecule has 0 aliphatic carbocycles. The van der Waals surface area contributed by atoms with Crippen molar-refractivity contribution in [3.8, 4) is 0 Å². The van der Waals surface area contributed by atoms with Gasteiger partial charge in [-0.1, -0.05) is 56.8 Å². The standard InChI is InChI=1S/C23H28O2S2/c1-5-25-12-13-26-22(23(2,3)4)21(24)17-10-11-20-18(15-17)14-16-8-6-7-9-19(16)27-20/h6-11,15,22H,5,12-14H2,1-4H3. The number of carbonyl (C=O) groups excluding carboxylic acids is 1. The van der Waals surface area contributed by atoms with Crippen molar-refractivity contribution in [2.75, 3.05) is 19.0 Å². The summed E-state index contributed by atoms with van der Waals surface area (Å²) in [4.78, 5) is 15.9. The normalized spacial score (nSPS) is 14.4. The van der Waals surface area contributed by atoms with Crippen LogP contribution in [0.3, 0.4) is 0 Å². The van der Waals surface area contributed by atoms with E-state index in [4.69, 9.17) is 4.74 Å². The summed E-state index contributed by atoms with van der Waals surface area (Å²) >= 11 is 3.52. The van der Waals surface area contributed by atoms with Crippen LogP contribution in [0.2, 0.25) is 0 Å². The van der Waals surface area contributed by atoms with E-state index in [1.807, 2.05) is 13.0 Å². The molecule has 0 saturated carbocycles. The minimum atomic E-state index is -0.0920. The zero-order valence-electron chi connectivity index (χ0n) is 16.6. The number of Topliss-reactive ketones (excluding diaryl/α,β-unsaturated/α-hetero) is 1. The van der Waals surface area contributed by atoms with Gasteiger partial charge in [0.2, 0.25) is 0 Å². The molecule has 0 fully saturated rings. The van der Waals surface area contributed by atoms with Crippen LogP contribution in [0.1, 0.15) is 49.2 Å². The van der Waals surface area contributed by atoms with E-state index in [-0.39, 0.29) is 16.4 Å². The quantitative estimate of drug-likeness (QED) is 0.353. The average molecular weight is 401 g/mol. The van der Waals surface area contributed by atoms with Crippen LogP contribution in [0.15, 0.2) is 52.3 Å². The van der Waals surface area contributed by atoms with Crippen molar-refractivity contribution in [3.05, 3.63) is 59.2 Å². The van der Waals surface area contributed by atoms with Crippen LogP contribution in [0.25, 0.3) is 0 Å². The molecule has 0 amide bonds. The van der Waals surface area contributed by atoms with E-state index in [1.54, 1.807) is 23.5 Å². The summed E-state index contributed by atoms with van der Waals surface area (Å²) in [6, 6.07) is 14.8. The van der Waals surface area contributed by atoms with Gasteiger partial charge in [-0.05, 0) is 48.1 Å². The van der Waals surface area contributed by atoms with Gasteiger partial charge in [-0.3, -0.25) is 4.79 Å². The fourth-order valence-electron chi connectivity index (χ4n) is 3.28. The zero-order valence-corrected chi connectivity index (χ0v) is 18.2. The Morgan fingerprint density at radius 1 is 1.15 bits per heavy atom. The Bertz CT molecular complexity index is 808. The van der Waals surface area contributed by atoms with Gasteiger partial charge in [0.15, 0.2) is 5.78 Å². The number of fused-ring (bicyclic) bond motifs is 2. The molecule has 1 heterocycles. The molecule has 1 aliphatic heterocycles. The number of benzene rings is 2. The summed E-state index contributed by atoms with van der Waals surface area (Å²) in [6.45, 7) is 9.85. The highest BCUT2D eigenvalue weighted by molar-refractivity contribution is 8.00. The molecule has 1 atom stereocenters. The Balaban J connectivity index is 1.79. The Hall–Kier alpha value is -1.23. The lowest BCUT2D eigenvalue weighted by Gasteiger charge is -2.29. The second-order valence-corrected chi connectivity index (χ2v) is 10.2. The number of ether oxygens (including phenoxy) is 1. The number of hydrogen-bond acceptors (Lipinski definition) is 4. The molecule has 0 radical (unpaired) electrons. The predicted octanol–water partition coefficient (Wildman–Crippen LogP) is 6.11. The van der Waals surface area contributed by atoms with Crippen LogP contribution in [-0.2, 0) is 11.2 Å². The molecule has 1 aliphatic rings. The molecule has 0 spiro atoms. The van der Waals surface area contributed by atoms with Crippen molar-refractivity contribution in [2.45, 2.75) is 49.2 Å². The highest BCUT2D eigenvalue weighted by atomic mass is 32.2. The van der Waals surface area contributed by atoms with Gasteiger partial charge in [0, 0.05) is 27.7 Å². The largest absolute Gasteiger partial charge is 0.381 e. The van der Waals surface area contributed by atoms with Gasteiger partial charge in [0.25, 0.3) is 0 Å². The number of hydrogen-bond donors (Lipinski definition) is 0. The third kappa shape index (κ3) is 4.98. The molecule has 0 bridgehead atoms. The SMILES string of the molecule is CCOCCSC(C(=O)c1ccc2c(c1)Cc1ccccc1S2)C(C)(C)C. The first-order valence-electron chi connectivity index (χ1n) is 9.52. The van der Waals surface area contributed by atoms with Crippen molar-refractivity contribution in [2.24, 2.45) is 5.41 Å². The molecule has 0 N–H and O–H groups in total. The molecular weight excluding hydrogens is 372 g/mol. The van der Waals surface area contributed by atoms with E-state index in [2.05, 4.69) is 57.2 Å². The van der Waals surface area contributed by atoms with Gasteiger partial charge in [-0.25, -0.2) is 0 Å². The smallest absolute Gasteiger partial charge is 0.176 e. The lowest BCUT2D eigenvalue weighted by atomic mass is 9.86. The second-order valence-electron chi connectivity index (χ2n) is 7.89. The first-order chi connectivity index (χ1) is 12.9. The third-order valence-corrected chi connectivity index (χ3v) is 7.55. The molecule has 2 nitrogen and oxygen atoms in total. The molecule has 2 aromatic carbocycles. The Kier molecular flexibility index (Phi) is 6.72. The topological polar surface area (TPSA) is 26.3 Å². The van der Waals surface area contributed by atoms with E-state index in [9.17, 15) is 4.79 Å². The summed E-state index contributed by atoms with van der Waals surface area (Å²) in [5, 5.41) is -0.0699. The van der Waals surface area contributed by atoms with Gasteiger partial charge in [-0.15, -0.1) is 11.8 Å². The summed E-state index contributed by atoms with van der Waals surface area (Å²) in [7, 11) is 0. The zero-order chi connectivity index (χ0) is 19.4. The maximum absolute atomic E-state index is 13.3. The first kappa shape index (κ1) is 20.5. The molecule has 4 heteroatoms. The number of carbonyl (C=O) groups is 1. The fourth-order valence-corrected chi connectivity index (χ4v) is 5.57. The number of rotatable bonds is 7. The molecule has 27 heavy (non-hydrogen) atoms. The minimum absolute atomic E-state index is 0.0699. The second kappa shape index (κ2) is 8.85. The lowest BCUT2D eigenvalue weighted by molar-refractivity contribution is 0.0950. The van der Waals surface area contributed by atoms with Gasteiger partial charge in [0.05, 0.1) is 11.9 Å². The summed E-state index contributed by atoms with van der Waals surface area (Å²) in [5.74, 6) is 1.08. The van der Waals surface area contributed by atoms with Crippen LogP contribution in [0.5, 0.6) is 0 Å². The van der Waals surface area contributed by atoms with Crippen LogP contribution in [0.4, 0.5) is 0 Å². The van der Waals surface area contributed by atoms with Gasteiger partial charge >= 0.3 is 0 Å². The molecule has 144 valence electrons. The van der Waals surface area contributed by atoms with Crippen molar-refractivity contribution in [1.29, 1.82) is 0 Å². The van der Waals surface area contributed by atoms with Crippen LogP contribution < -0.4 is 0 Å². The molecular formula is C23H28O2S2. The van der Waals surface area contributed by atoms with E-state index in [0.717, 1.165) is 24.3 Å². The molecule has 0 aromatic heterocycles. The van der Waals surface area contributed by atoms with Crippen LogP contribution in [-0.4, -0.2) is 30.0 Å². The van der Waals surface area contributed by atoms with Crippen molar-refractivity contribution in [1.82, 2.24) is 0 Å². The Morgan fingerprint density at radius 2 is 1.89 bits per heavy atom. The maximum Gasteiger partial charge on any atom is 0.176 e. The van der Waals surface area contributed by atoms with Crippen LogP contribution in [0, 0.1) is 5.41 Å². The Morgan fingerprint density at radius 3 is 2.63 bits per heavy atom. The molecule has 2 aromatic rings. The van der Waals surface area contributed by atoms with E-state index < -0.39 is 0 Å². The lowest BCUT2D eigenvalue weighted by Crippen LogP contribution is -2.32. The predicted molar refractivity (Wildman–Crippen MR) is 116 cm³/mol. The summed E-state index contributed by atoms with van der Waals surface area (Å²) < 4.78 is 5.45. The van der Waals surface area contributed by atoms with Crippen molar-refractivity contribution in [3.63, 3.8) is 0 Å². The molecule has 0 saturated heterocycles. The van der Waals surface area contributed by atoms with Gasteiger partial charge < -0.3 is 4.74 Å². The van der Waals surface area contributed by atoms with Crippen molar-refractivity contribution < 1.29 is 9.53 Å². The maximum atomic E-state index is 13.3. The highest BCUT2D eigenvalue weighted by Crippen LogP contribution is 2.40. The molecule has 1 unspecified atom stereocenters. The van der Waals surface area contributed by atoms with E-state index in [0.29, 0.717) is 6.61 Å². The monoisotopic (exact) mass is 400 g/mol. The van der Waals surface area contributed by atoms with Crippen LogP contribution >= 0.6 is 23.5 Å².